The van der Waals surface area contributed by atoms with Gasteiger partial charge in [0.2, 0.25) is 0 Å². The van der Waals surface area contributed by atoms with Crippen LogP contribution in [0.25, 0.3) is 22.3 Å². The van der Waals surface area contributed by atoms with E-state index in [1.165, 1.54) is 79.2 Å². The zero-order valence-electron chi connectivity index (χ0n) is 24.9. The van der Waals surface area contributed by atoms with Gasteiger partial charge in [-0.1, -0.05) is 119 Å². The number of ether oxygens (including phenoxy) is 1. The summed E-state index contributed by atoms with van der Waals surface area (Å²) in [6.45, 7) is 10.1. The van der Waals surface area contributed by atoms with Gasteiger partial charge in [-0.25, -0.2) is 4.79 Å². The summed E-state index contributed by atoms with van der Waals surface area (Å²) in [5, 5.41) is 9.43. The lowest BCUT2D eigenvalue weighted by atomic mass is 9.90. The van der Waals surface area contributed by atoms with Gasteiger partial charge >= 0.3 is 5.97 Å². The molecule has 0 unspecified atom stereocenters. The van der Waals surface area contributed by atoms with Gasteiger partial charge in [-0.3, -0.25) is 0 Å². The second-order valence-electron chi connectivity index (χ2n) is 11.1. The van der Waals surface area contributed by atoms with E-state index in [1.54, 1.807) is 6.92 Å². The van der Waals surface area contributed by atoms with Crippen molar-refractivity contribution in [3.8, 4) is 22.3 Å². The first-order valence-electron chi connectivity index (χ1n) is 15.2. The van der Waals surface area contributed by atoms with E-state index in [0.29, 0.717) is 25.0 Å². The Kier molecular flexibility index (Phi) is 13.2. The molecule has 3 rings (SSSR count). The number of rotatable bonds is 17. The molecule has 0 saturated carbocycles. The van der Waals surface area contributed by atoms with E-state index >= 15 is 0 Å². The Bertz CT molecular complexity index is 1220. The molecular formula is C37H48O3. The van der Waals surface area contributed by atoms with Crippen molar-refractivity contribution in [2.75, 3.05) is 13.2 Å². The normalized spacial score (nSPS) is 11.0. The minimum absolute atomic E-state index is 0.106. The molecule has 0 heterocycles. The van der Waals surface area contributed by atoms with Gasteiger partial charge in [0.1, 0.15) is 0 Å². The number of carbonyl (C=O) groups excluding carboxylic acids is 1. The third-order valence-corrected chi connectivity index (χ3v) is 7.65. The fraction of sp³-hybridized carbons (Fsp3) is 0.432. The molecule has 0 saturated heterocycles. The SMILES string of the molecule is C=C(C)C(=O)OCCc1cc(CCO)ccc1-c1ccc(-c2ccc(CCCCCCCCCC)cc2)cc1C. The molecule has 1 N–H and O–H groups in total. The van der Waals surface area contributed by atoms with Crippen molar-refractivity contribution in [3.05, 3.63) is 95.1 Å². The lowest BCUT2D eigenvalue weighted by Crippen LogP contribution is -2.09. The van der Waals surface area contributed by atoms with Crippen molar-refractivity contribution in [2.45, 2.75) is 91.4 Å². The van der Waals surface area contributed by atoms with Crippen LogP contribution in [0.2, 0.25) is 0 Å². The highest BCUT2D eigenvalue weighted by molar-refractivity contribution is 5.87. The third-order valence-electron chi connectivity index (χ3n) is 7.65. The summed E-state index contributed by atoms with van der Waals surface area (Å²) in [4.78, 5) is 11.9. The van der Waals surface area contributed by atoms with Gasteiger partial charge in [-0.2, -0.15) is 0 Å². The van der Waals surface area contributed by atoms with Crippen LogP contribution < -0.4 is 0 Å². The Balaban J connectivity index is 1.65. The maximum absolute atomic E-state index is 11.9. The van der Waals surface area contributed by atoms with E-state index in [9.17, 15) is 9.90 Å². The standard InChI is InChI=1S/C37H48O3/c1-5-6-7-8-9-10-11-12-13-30-14-17-32(18-15-30)33-19-21-35(29(4)26-33)36-20-16-31(22-24-38)27-34(36)23-25-40-37(39)28(2)3/h14-21,26-27,38H,2,5-13,22-25H2,1,3-4H3. The molecule has 0 aliphatic rings. The lowest BCUT2D eigenvalue weighted by Gasteiger charge is -2.16. The van der Waals surface area contributed by atoms with Gasteiger partial charge in [0.05, 0.1) is 6.61 Å². The highest BCUT2D eigenvalue weighted by Gasteiger charge is 2.12. The Hall–Kier alpha value is -3.17. The number of hydrogen-bond donors (Lipinski definition) is 1. The fourth-order valence-electron chi connectivity index (χ4n) is 5.25. The van der Waals surface area contributed by atoms with Crippen molar-refractivity contribution >= 4 is 5.97 Å². The first-order chi connectivity index (χ1) is 19.4. The topological polar surface area (TPSA) is 46.5 Å². The summed E-state index contributed by atoms with van der Waals surface area (Å²) in [6.07, 6.45) is 13.2. The number of aryl methyl sites for hydroxylation is 2. The molecule has 0 amide bonds. The highest BCUT2D eigenvalue weighted by Crippen LogP contribution is 2.32. The molecule has 0 fully saturated rings. The first-order valence-corrected chi connectivity index (χ1v) is 15.2. The molecule has 0 aliphatic carbocycles. The van der Waals surface area contributed by atoms with E-state index in [1.807, 2.05) is 0 Å². The van der Waals surface area contributed by atoms with E-state index in [-0.39, 0.29) is 12.6 Å². The van der Waals surface area contributed by atoms with Crippen molar-refractivity contribution in [1.29, 1.82) is 0 Å². The third kappa shape index (κ3) is 9.78. The minimum atomic E-state index is -0.364. The van der Waals surface area contributed by atoms with Gasteiger partial charge in [-0.05, 0) is 77.6 Å². The average Bonchev–Trinajstić information content (AvgIpc) is 2.95. The molecule has 3 aromatic rings. The van der Waals surface area contributed by atoms with E-state index < -0.39 is 0 Å². The molecular weight excluding hydrogens is 492 g/mol. The molecule has 0 aromatic heterocycles. The van der Waals surface area contributed by atoms with Crippen molar-refractivity contribution in [3.63, 3.8) is 0 Å². The predicted molar refractivity (Wildman–Crippen MR) is 169 cm³/mol. The average molecular weight is 541 g/mol. The largest absolute Gasteiger partial charge is 0.462 e. The summed E-state index contributed by atoms with van der Waals surface area (Å²) in [5.41, 5.74) is 9.98. The van der Waals surface area contributed by atoms with E-state index in [4.69, 9.17) is 4.74 Å². The van der Waals surface area contributed by atoms with Crippen LogP contribution in [0.15, 0.2) is 72.8 Å². The number of esters is 1. The zero-order valence-corrected chi connectivity index (χ0v) is 24.9. The first kappa shape index (κ1) is 31.4. The van der Waals surface area contributed by atoms with Crippen molar-refractivity contribution in [2.24, 2.45) is 0 Å². The number of aliphatic hydroxyl groups is 1. The minimum Gasteiger partial charge on any atom is -0.462 e. The van der Waals surface area contributed by atoms with Gasteiger partial charge in [0.25, 0.3) is 0 Å². The van der Waals surface area contributed by atoms with Crippen LogP contribution in [0.5, 0.6) is 0 Å². The predicted octanol–water partition coefficient (Wildman–Crippen LogP) is 9.21. The summed E-state index contributed by atoms with van der Waals surface area (Å²) >= 11 is 0. The quantitative estimate of drug-likeness (QED) is 0.105. The zero-order chi connectivity index (χ0) is 28.7. The van der Waals surface area contributed by atoms with Gasteiger partial charge < -0.3 is 9.84 Å². The Morgan fingerprint density at radius 3 is 2.02 bits per heavy atom. The molecule has 3 nitrogen and oxygen atoms in total. The number of carbonyl (C=O) groups is 1. The monoisotopic (exact) mass is 540 g/mol. The maximum atomic E-state index is 11.9. The molecule has 0 spiro atoms. The Morgan fingerprint density at radius 1 is 0.750 bits per heavy atom. The molecule has 0 atom stereocenters. The maximum Gasteiger partial charge on any atom is 0.333 e. The molecule has 0 bridgehead atoms. The Labute approximate surface area is 242 Å². The number of benzene rings is 3. The van der Waals surface area contributed by atoms with Gasteiger partial charge in [0, 0.05) is 18.6 Å². The van der Waals surface area contributed by atoms with Crippen LogP contribution in [0, 0.1) is 6.92 Å². The highest BCUT2D eigenvalue weighted by atomic mass is 16.5. The summed E-state index contributed by atoms with van der Waals surface area (Å²) in [7, 11) is 0. The molecule has 3 aromatic carbocycles. The summed E-state index contributed by atoms with van der Waals surface area (Å²) in [6, 6.07) is 22.0. The van der Waals surface area contributed by atoms with Crippen molar-refractivity contribution in [1.82, 2.24) is 0 Å². The molecule has 0 aliphatic heterocycles. The molecule has 3 heteroatoms. The van der Waals surface area contributed by atoms with Crippen LogP contribution in [0.1, 0.15) is 87.5 Å². The van der Waals surface area contributed by atoms with E-state index in [2.05, 4.69) is 81.1 Å². The number of aliphatic hydroxyl groups excluding tert-OH is 1. The lowest BCUT2D eigenvalue weighted by molar-refractivity contribution is -0.138. The summed E-state index contributed by atoms with van der Waals surface area (Å²) < 4.78 is 5.38. The van der Waals surface area contributed by atoms with Crippen LogP contribution in [0.4, 0.5) is 0 Å². The fourth-order valence-corrected chi connectivity index (χ4v) is 5.25. The van der Waals surface area contributed by atoms with Crippen LogP contribution in [-0.2, 0) is 28.8 Å². The molecule has 0 radical (unpaired) electrons. The summed E-state index contributed by atoms with van der Waals surface area (Å²) in [5.74, 6) is -0.364. The van der Waals surface area contributed by atoms with Gasteiger partial charge in [0.15, 0.2) is 0 Å². The molecule has 40 heavy (non-hydrogen) atoms. The second-order valence-corrected chi connectivity index (χ2v) is 11.1. The second kappa shape index (κ2) is 16.8. The van der Waals surface area contributed by atoms with Crippen LogP contribution >= 0.6 is 0 Å². The van der Waals surface area contributed by atoms with E-state index in [0.717, 1.165) is 23.1 Å². The van der Waals surface area contributed by atoms with Crippen LogP contribution in [0.3, 0.4) is 0 Å². The number of unbranched alkanes of at least 4 members (excludes halogenated alkanes) is 7. The Morgan fingerprint density at radius 2 is 1.38 bits per heavy atom. The van der Waals surface area contributed by atoms with Crippen molar-refractivity contribution < 1.29 is 14.6 Å². The van der Waals surface area contributed by atoms with Crippen LogP contribution in [-0.4, -0.2) is 24.3 Å². The molecule has 214 valence electrons. The number of hydrogen-bond acceptors (Lipinski definition) is 3. The smallest absolute Gasteiger partial charge is 0.333 e. The van der Waals surface area contributed by atoms with Gasteiger partial charge in [-0.15, -0.1) is 0 Å².